The second-order valence-corrected chi connectivity index (χ2v) is 5.82. The zero-order chi connectivity index (χ0) is 17.5. The minimum Gasteiger partial charge on any atom is -0.507 e. The number of phenolic OH excluding ortho intramolecular Hbond substituents is 1. The SMILES string of the molecule is O=c1oc(=O)c2cc3c(O)c4cc5c(=O)oc(=O)c5cc4cc3cc12. The molecule has 3 aromatic carbocycles. The lowest BCUT2D eigenvalue weighted by molar-refractivity contribution is 0.488. The molecule has 5 aromatic rings. The summed E-state index contributed by atoms with van der Waals surface area (Å²) in [6.45, 7) is 0. The highest BCUT2D eigenvalue weighted by atomic mass is 16.4. The van der Waals surface area contributed by atoms with Gasteiger partial charge in [0.15, 0.2) is 0 Å². The summed E-state index contributed by atoms with van der Waals surface area (Å²) >= 11 is 0. The van der Waals surface area contributed by atoms with Gasteiger partial charge in [-0.3, -0.25) is 0 Å². The maximum atomic E-state index is 11.7. The fraction of sp³-hybridized carbons (Fsp3) is 0. The highest BCUT2D eigenvalue weighted by Gasteiger charge is 2.16. The van der Waals surface area contributed by atoms with Crippen molar-refractivity contribution in [1.82, 2.24) is 0 Å². The van der Waals surface area contributed by atoms with E-state index in [-0.39, 0.29) is 27.3 Å². The first-order valence-corrected chi connectivity index (χ1v) is 7.24. The fourth-order valence-corrected chi connectivity index (χ4v) is 3.26. The van der Waals surface area contributed by atoms with Gasteiger partial charge in [-0.1, -0.05) is 0 Å². The molecule has 0 radical (unpaired) electrons. The Kier molecular flexibility index (Phi) is 2.30. The Balaban J connectivity index is 2.06. The van der Waals surface area contributed by atoms with E-state index in [0.29, 0.717) is 21.5 Å². The largest absolute Gasteiger partial charge is 0.507 e. The van der Waals surface area contributed by atoms with E-state index in [4.69, 9.17) is 0 Å². The van der Waals surface area contributed by atoms with Crippen LogP contribution in [0.2, 0.25) is 0 Å². The van der Waals surface area contributed by atoms with Crippen LogP contribution in [0.5, 0.6) is 5.75 Å². The summed E-state index contributed by atoms with van der Waals surface area (Å²) in [5, 5.41) is 12.6. The number of hydrogen-bond donors (Lipinski definition) is 1. The molecule has 0 amide bonds. The molecule has 0 saturated heterocycles. The van der Waals surface area contributed by atoms with Crippen molar-refractivity contribution in [2.45, 2.75) is 0 Å². The van der Waals surface area contributed by atoms with Gasteiger partial charge in [-0.25, -0.2) is 19.2 Å². The Morgan fingerprint density at radius 2 is 0.880 bits per heavy atom. The maximum Gasteiger partial charge on any atom is 0.346 e. The Hall–Kier alpha value is -3.74. The lowest BCUT2D eigenvalue weighted by Crippen LogP contribution is -1.94. The van der Waals surface area contributed by atoms with Crippen LogP contribution in [0.25, 0.3) is 43.1 Å². The topological polar surface area (TPSA) is 115 Å². The number of benzene rings is 3. The summed E-state index contributed by atoms with van der Waals surface area (Å²) in [5.41, 5.74) is -3.04. The predicted molar refractivity (Wildman–Crippen MR) is 90.1 cm³/mol. The summed E-state index contributed by atoms with van der Waals surface area (Å²) in [7, 11) is 0. The third-order valence-corrected chi connectivity index (χ3v) is 4.45. The molecule has 0 unspecified atom stereocenters. The first kappa shape index (κ1) is 13.7. The minimum absolute atomic E-state index is 0.0721. The molecular weight excluding hydrogens is 328 g/mol. The second-order valence-electron chi connectivity index (χ2n) is 5.82. The van der Waals surface area contributed by atoms with Crippen LogP contribution >= 0.6 is 0 Å². The molecule has 0 atom stereocenters. The van der Waals surface area contributed by atoms with Gasteiger partial charge < -0.3 is 13.9 Å². The molecule has 5 rings (SSSR count). The van der Waals surface area contributed by atoms with E-state index >= 15 is 0 Å². The highest BCUT2D eigenvalue weighted by molar-refractivity contribution is 6.12. The van der Waals surface area contributed by atoms with E-state index in [2.05, 4.69) is 8.83 Å². The summed E-state index contributed by atoms with van der Waals surface area (Å²) in [6, 6.07) is 7.31. The maximum absolute atomic E-state index is 11.7. The molecule has 2 aromatic heterocycles. The first-order chi connectivity index (χ1) is 11.9. The summed E-state index contributed by atoms with van der Waals surface area (Å²) in [4.78, 5) is 46.8. The molecule has 0 aliphatic heterocycles. The fourth-order valence-electron chi connectivity index (χ4n) is 3.26. The van der Waals surface area contributed by atoms with Crippen molar-refractivity contribution < 1.29 is 13.9 Å². The summed E-state index contributed by atoms with van der Waals surface area (Å²) in [5.74, 6) is -0.169. The third kappa shape index (κ3) is 1.64. The molecule has 0 fully saturated rings. The van der Waals surface area contributed by atoms with E-state index in [1.807, 2.05) is 0 Å². The van der Waals surface area contributed by atoms with Gasteiger partial charge in [0.05, 0.1) is 21.5 Å². The van der Waals surface area contributed by atoms with Gasteiger partial charge in [0.25, 0.3) is 0 Å². The summed E-state index contributed by atoms with van der Waals surface area (Å²) in [6.07, 6.45) is 0. The van der Waals surface area contributed by atoms with Crippen LogP contribution < -0.4 is 22.5 Å². The molecule has 0 aliphatic rings. The van der Waals surface area contributed by atoms with Crippen LogP contribution in [0, 0.1) is 0 Å². The van der Waals surface area contributed by atoms with Gasteiger partial charge in [-0.15, -0.1) is 0 Å². The average Bonchev–Trinajstić information content (AvgIpc) is 3.01. The van der Waals surface area contributed by atoms with Gasteiger partial charge in [-0.2, -0.15) is 0 Å². The number of furan rings is 2. The lowest BCUT2D eigenvalue weighted by atomic mass is 9.98. The molecule has 0 aliphatic carbocycles. The molecule has 7 heteroatoms. The van der Waals surface area contributed by atoms with Crippen LogP contribution in [-0.2, 0) is 0 Å². The van der Waals surface area contributed by atoms with Crippen LogP contribution in [-0.4, -0.2) is 5.11 Å². The van der Waals surface area contributed by atoms with E-state index in [0.717, 1.165) is 0 Å². The number of hydrogen-bond acceptors (Lipinski definition) is 7. The van der Waals surface area contributed by atoms with Crippen molar-refractivity contribution in [2.75, 3.05) is 0 Å². The molecule has 25 heavy (non-hydrogen) atoms. The number of phenols is 1. The number of rotatable bonds is 0. The van der Waals surface area contributed by atoms with Gasteiger partial charge in [-0.05, 0) is 41.1 Å². The van der Waals surface area contributed by atoms with Crippen molar-refractivity contribution in [3.05, 3.63) is 72.0 Å². The molecular formula is C18H6O7. The Morgan fingerprint density at radius 3 is 1.28 bits per heavy atom. The molecule has 0 saturated carbocycles. The molecule has 2 heterocycles. The predicted octanol–water partition coefficient (Wildman–Crippen LogP) is 1.51. The smallest absolute Gasteiger partial charge is 0.346 e. The van der Waals surface area contributed by atoms with Crippen LogP contribution in [0.3, 0.4) is 0 Å². The number of aromatic hydroxyl groups is 1. The molecule has 1 N–H and O–H groups in total. The zero-order valence-electron chi connectivity index (χ0n) is 12.3. The molecule has 0 bridgehead atoms. The molecule has 7 nitrogen and oxygen atoms in total. The number of fused-ring (bicyclic) bond motifs is 4. The first-order valence-electron chi connectivity index (χ1n) is 7.24. The van der Waals surface area contributed by atoms with Crippen LogP contribution in [0.4, 0.5) is 0 Å². The van der Waals surface area contributed by atoms with Crippen LogP contribution in [0.15, 0.2) is 58.3 Å². The van der Waals surface area contributed by atoms with E-state index in [9.17, 15) is 24.3 Å². The zero-order valence-corrected chi connectivity index (χ0v) is 12.3. The Bertz CT molecular complexity index is 1460. The Morgan fingerprint density at radius 1 is 0.520 bits per heavy atom. The lowest BCUT2D eigenvalue weighted by Gasteiger charge is -2.06. The second kappa shape index (κ2) is 4.21. The van der Waals surface area contributed by atoms with E-state index in [1.54, 1.807) is 6.07 Å². The van der Waals surface area contributed by atoms with Gasteiger partial charge in [0.2, 0.25) is 0 Å². The van der Waals surface area contributed by atoms with E-state index in [1.165, 1.54) is 24.3 Å². The van der Waals surface area contributed by atoms with Crippen molar-refractivity contribution in [2.24, 2.45) is 0 Å². The van der Waals surface area contributed by atoms with Gasteiger partial charge in [0, 0.05) is 10.8 Å². The van der Waals surface area contributed by atoms with E-state index < -0.39 is 22.5 Å². The Labute approximate surface area is 135 Å². The monoisotopic (exact) mass is 334 g/mol. The van der Waals surface area contributed by atoms with Crippen molar-refractivity contribution in [3.63, 3.8) is 0 Å². The standard InChI is InChI=1S/C18H6O7/c19-14-8-4-12-10(15(20)24-17(12)22)2-6(8)1-7-3-11-13(5-9(7)14)18(23)25-16(11)21/h1-5,19H. The third-order valence-electron chi connectivity index (χ3n) is 4.45. The van der Waals surface area contributed by atoms with Crippen molar-refractivity contribution >= 4 is 43.1 Å². The molecule has 120 valence electrons. The van der Waals surface area contributed by atoms with Crippen LogP contribution in [0.1, 0.15) is 0 Å². The van der Waals surface area contributed by atoms with Crippen molar-refractivity contribution in [1.29, 1.82) is 0 Å². The quantitative estimate of drug-likeness (QED) is 0.427. The normalized spacial score (nSPS) is 12.0. The minimum atomic E-state index is -0.774. The average molecular weight is 334 g/mol. The van der Waals surface area contributed by atoms with Gasteiger partial charge >= 0.3 is 22.5 Å². The summed E-state index contributed by atoms with van der Waals surface area (Å²) < 4.78 is 9.14. The highest BCUT2D eigenvalue weighted by Crippen LogP contribution is 2.36. The molecule has 0 spiro atoms. The van der Waals surface area contributed by atoms with Crippen molar-refractivity contribution in [3.8, 4) is 5.75 Å². The van der Waals surface area contributed by atoms with Gasteiger partial charge in [0.1, 0.15) is 5.75 Å².